The molecule has 2 aromatic rings. The average Bonchev–Trinajstić information content (AvgIpc) is 2.99. The first-order chi connectivity index (χ1) is 11.6. The van der Waals surface area contributed by atoms with Crippen molar-refractivity contribution in [1.29, 1.82) is 0 Å². The Bertz CT molecular complexity index is 787. The van der Waals surface area contributed by atoms with E-state index in [9.17, 15) is 4.39 Å². The number of benzene rings is 2. The SMILES string of the molecule is Cc1cc2c(cc1F)CC(c1ccc(N3CCN(C)CC3)cc1)=N2. The first-order valence-corrected chi connectivity index (χ1v) is 8.51. The van der Waals surface area contributed by atoms with Gasteiger partial charge >= 0.3 is 0 Å². The molecule has 0 bridgehead atoms. The summed E-state index contributed by atoms with van der Waals surface area (Å²) in [6.07, 6.45) is 0.709. The Morgan fingerprint density at radius 1 is 1.00 bits per heavy atom. The van der Waals surface area contributed by atoms with Crippen LogP contribution in [0.15, 0.2) is 41.4 Å². The smallest absolute Gasteiger partial charge is 0.126 e. The summed E-state index contributed by atoms with van der Waals surface area (Å²) in [7, 11) is 2.17. The lowest BCUT2D eigenvalue weighted by atomic mass is 10.0. The second-order valence-corrected chi connectivity index (χ2v) is 6.80. The fourth-order valence-corrected chi connectivity index (χ4v) is 3.41. The number of nitrogens with zero attached hydrogens (tertiary/aromatic N) is 3. The van der Waals surface area contributed by atoms with Gasteiger partial charge in [-0.15, -0.1) is 0 Å². The van der Waals surface area contributed by atoms with Crippen LogP contribution in [0.1, 0.15) is 16.7 Å². The molecule has 1 saturated heterocycles. The molecule has 0 atom stereocenters. The fraction of sp³-hybridized carbons (Fsp3) is 0.350. The van der Waals surface area contributed by atoms with Crippen LogP contribution in [0.4, 0.5) is 15.8 Å². The molecular weight excluding hydrogens is 301 g/mol. The highest BCUT2D eigenvalue weighted by Gasteiger charge is 2.19. The van der Waals surface area contributed by atoms with Crippen LogP contribution in [-0.2, 0) is 6.42 Å². The Labute approximate surface area is 142 Å². The van der Waals surface area contributed by atoms with E-state index in [4.69, 9.17) is 4.99 Å². The predicted octanol–water partition coefficient (Wildman–Crippen LogP) is 3.56. The number of halogens is 1. The molecule has 24 heavy (non-hydrogen) atoms. The molecule has 2 aliphatic rings. The first kappa shape index (κ1) is 15.3. The quantitative estimate of drug-likeness (QED) is 0.841. The molecule has 2 aliphatic heterocycles. The normalized spacial score (nSPS) is 17.8. The Morgan fingerprint density at radius 3 is 2.42 bits per heavy atom. The zero-order chi connectivity index (χ0) is 16.7. The van der Waals surface area contributed by atoms with Gasteiger partial charge < -0.3 is 9.80 Å². The number of piperazine rings is 1. The molecular formula is C20H22FN3. The number of fused-ring (bicyclic) bond motifs is 1. The van der Waals surface area contributed by atoms with Gasteiger partial charge in [0.25, 0.3) is 0 Å². The van der Waals surface area contributed by atoms with Crippen LogP contribution in [-0.4, -0.2) is 43.8 Å². The second kappa shape index (κ2) is 6.02. The fourth-order valence-electron chi connectivity index (χ4n) is 3.41. The van der Waals surface area contributed by atoms with E-state index >= 15 is 0 Å². The van der Waals surface area contributed by atoms with E-state index in [1.54, 1.807) is 13.0 Å². The van der Waals surface area contributed by atoms with Crippen LogP contribution in [0.2, 0.25) is 0 Å². The van der Waals surface area contributed by atoms with Crippen molar-refractivity contribution in [2.45, 2.75) is 13.3 Å². The molecule has 4 heteroatoms. The third kappa shape index (κ3) is 2.82. The van der Waals surface area contributed by atoms with Crippen molar-refractivity contribution < 1.29 is 4.39 Å². The van der Waals surface area contributed by atoms with E-state index in [0.717, 1.165) is 48.7 Å². The average molecular weight is 323 g/mol. The van der Waals surface area contributed by atoms with E-state index in [2.05, 4.69) is 41.1 Å². The van der Waals surface area contributed by atoms with Gasteiger partial charge in [0.05, 0.1) is 11.4 Å². The van der Waals surface area contributed by atoms with Crippen LogP contribution in [0.25, 0.3) is 0 Å². The molecule has 0 aliphatic carbocycles. The van der Waals surface area contributed by atoms with Crippen molar-refractivity contribution in [1.82, 2.24) is 4.90 Å². The summed E-state index contributed by atoms with van der Waals surface area (Å²) in [4.78, 5) is 9.49. The maximum Gasteiger partial charge on any atom is 0.126 e. The third-order valence-corrected chi connectivity index (χ3v) is 5.04. The number of likely N-dealkylation sites (N-methyl/N-ethyl adjacent to an activating group) is 1. The van der Waals surface area contributed by atoms with Gasteiger partial charge in [-0.05, 0) is 54.9 Å². The topological polar surface area (TPSA) is 18.8 Å². The zero-order valence-corrected chi connectivity index (χ0v) is 14.2. The van der Waals surface area contributed by atoms with Crippen LogP contribution in [0.3, 0.4) is 0 Å². The third-order valence-electron chi connectivity index (χ3n) is 5.04. The molecule has 0 spiro atoms. The van der Waals surface area contributed by atoms with Gasteiger partial charge in [0.15, 0.2) is 0 Å². The number of rotatable bonds is 2. The van der Waals surface area contributed by atoms with Gasteiger partial charge in [-0.3, -0.25) is 4.99 Å². The Kier molecular flexibility index (Phi) is 3.85. The van der Waals surface area contributed by atoms with Crippen LogP contribution < -0.4 is 4.90 Å². The molecule has 0 unspecified atom stereocenters. The molecule has 3 nitrogen and oxygen atoms in total. The maximum absolute atomic E-state index is 13.7. The molecule has 0 N–H and O–H groups in total. The minimum atomic E-state index is -0.143. The van der Waals surface area contributed by atoms with E-state index in [1.807, 2.05) is 6.07 Å². The van der Waals surface area contributed by atoms with Crippen LogP contribution in [0.5, 0.6) is 0 Å². The lowest BCUT2D eigenvalue weighted by molar-refractivity contribution is 0.313. The Morgan fingerprint density at radius 2 is 1.71 bits per heavy atom. The van der Waals surface area contributed by atoms with Gasteiger partial charge in [-0.25, -0.2) is 4.39 Å². The summed E-state index contributed by atoms with van der Waals surface area (Å²) in [6.45, 7) is 6.14. The highest BCUT2D eigenvalue weighted by atomic mass is 19.1. The molecule has 0 saturated carbocycles. The molecule has 2 heterocycles. The minimum absolute atomic E-state index is 0.143. The van der Waals surface area contributed by atoms with E-state index in [-0.39, 0.29) is 5.82 Å². The van der Waals surface area contributed by atoms with E-state index < -0.39 is 0 Å². The van der Waals surface area contributed by atoms with Gasteiger partial charge in [0.2, 0.25) is 0 Å². The summed E-state index contributed by atoms with van der Waals surface area (Å²) in [5, 5.41) is 0. The highest BCUT2D eigenvalue weighted by molar-refractivity contribution is 6.06. The van der Waals surface area contributed by atoms with Gasteiger partial charge in [0, 0.05) is 38.3 Å². The summed E-state index contributed by atoms with van der Waals surface area (Å²) >= 11 is 0. The number of hydrogen-bond donors (Lipinski definition) is 0. The molecule has 4 rings (SSSR count). The number of aryl methyl sites for hydroxylation is 1. The minimum Gasteiger partial charge on any atom is -0.369 e. The Hall–Kier alpha value is -2.20. The van der Waals surface area contributed by atoms with E-state index in [0.29, 0.717) is 12.0 Å². The molecule has 2 aromatic carbocycles. The lowest BCUT2D eigenvalue weighted by Crippen LogP contribution is -2.44. The molecule has 0 aromatic heterocycles. The monoisotopic (exact) mass is 323 g/mol. The summed E-state index contributed by atoms with van der Waals surface area (Å²) in [5.74, 6) is -0.143. The number of aliphatic imine (C=N–C) groups is 1. The van der Waals surface area contributed by atoms with Gasteiger partial charge in [-0.1, -0.05) is 12.1 Å². The van der Waals surface area contributed by atoms with Crippen molar-refractivity contribution >= 4 is 17.1 Å². The molecule has 1 fully saturated rings. The maximum atomic E-state index is 13.7. The van der Waals surface area contributed by atoms with Crippen LogP contribution >= 0.6 is 0 Å². The van der Waals surface area contributed by atoms with Crippen molar-refractivity contribution in [3.05, 3.63) is 58.9 Å². The highest BCUT2D eigenvalue weighted by Crippen LogP contribution is 2.31. The van der Waals surface area contributed by atoms with Crippen LogP contribution in [0, 0.1) is 12.7 Å². The van der Waals surface area contributed by atoms with Gasteiger partial charge in [0.1, 0.15) is 5.82 Å². The lowest BCUT2D eigenvalue weighted by Gasteiger charge is -2.34. The predicted molar refractivity (Wildman–Crippen MR) is 97.2 cm³/mol. The van der Waals surface area contributed by atoms with Gasteiger partial charge in [-0.2, -0.15) is 0 Å². The van der Waals surface area contributed by atoms with Crippen molar-refractivity contribution in [3.63, 3.8) is 0 Å². The number of anilines is 1. The van der Waals surface area contributed by atoms with E-state index in [1.165, 1.54) is 5.69 Å². The van der Waals surface area contributed by atoms with Crippen molar-refractivity contribution in [2.24, 2.45) is 4.99 Å². The summed E-state index contributed by atoms with van der Waals surface area (Å²) in [5.41, 5.74) is 5.97. The molecule has 0 radical (unpaired) electrons. The Balaban J connectivity index is 1.53. The zero-order valence-electron chi connectivity index (χ0n) is 14.2. The second-order valence-electron chi connectivity index (χ2n) is 6.80. The largest absolute Gasteiger partial charge is 0.369 e. The first-order valence-electron chi connectivity index (χ1n) is 8.51. The molecule has 124 valence electrons. The van der Waals surface area contributed by atoms with Crippen molar-refractivity contribution in [3.8, 4) is 0 Å². The standard InChI is InChI=1S/C20H22FN3/c1-14-11-19-16(12-18(14)21)13-20(22-19)15-3-5-17(6-4-15)24-9-7-23(2)8-10-24/h3-6,11-12H,7-10,13H2,1-2H3. The van der Waals surface area contributed by atoms with Crippen molar-refractivity contribution in [2.75, 3.05) is 38.1 Å². The molecule has 0 amide bonds. The summed E-state index contributed by atoms with van der Waals surface area (Å²) < 4.78 is 13.7. The number of hydrogen-bond acceptors (Lipinski definition) is 3. The summed E-state index contributed by atoms with van der Waals surface area (Å²) in [6, 6.07) is 12.1.